The van der Waals surface area contributed by atoms with Gasteiger partial charge in [0.1, 0.15) is 5.69 Å². The van der Waals surface area contributed by atoms with E-state index in [1.54, 1.807) is 0 Å². The van der Waals surface area contributed by atoms with E-state index >= 15 is 0 Å². The molecule has 0 saturated carbocycles. The molecule has 0 fully saturated rings. The number of hydrogen-bond acceptors (Lipinski definition) is 2. The van der Waals surface area contributed by atoms with Gasteiger partial charge in [-0.1, -0.05) is 37.3 Å². The maximum atomic E-state index is 11.9. The minimum absolute atomic E-state index is 0.274. The normalized spacial score (nSPS) is 12.2. The van der Waals surface area contributed by atoms with Gasteiger partial charge >= 0.3 is 5.97 Å². The molecular formula is C17H21NO2. The zero-order chi connectivity index (χ0) is 14.5. The van der Waals surface area contributed by atoms with Crippen molar-refractivity contribution in [3.63, 3.8) is 0 Å². The lowest BCUT2D eigenvalue weighted by Crippen LogP contribution is -2.16. The van der Waals surface area contributed by atoms with Gasteiger partial charge in [0.05, 0.1) is 7.11 Å². The SMILES string of the molecule is CC[C@H](C)n1c(Cc2ccccc2)ccc1C(=O)OC. The molecule has 1 heterocycles. The van der Waals surface area contributed by atoms with Gasteiger partial charge in [-0.3, -0.25) is 0 Å². The maximum absolute atomic E-state index is 11.9. The number of hydrogen-bond donors (Lipinski definition) is 0. The Balaban J connectivity index is 2.38. The van der Waals surface area contributed by atoms with E-state index in [9.17, 15) is 4.79 Å². The predicted molar refractivity (Wildman–Crippen MR) is 80.0 cm³/mol. The van der Waals surface area contributed by atoms with Crippen LogP contribution in [0, 0.1) is 0 Å². The summed E-state index contributed by atoms with van der Waals surface area (Å²) in [4.78, 5) is 11.9. The molecule has 0 aliphatic rings. The topological polar surface area (TPSA) is 31.2 Å². The van der Waals surface area contributed by atoms with Crippen molar-refractivity contribution >= 4 is 5.97 Å². The number of carbonyl (C=O) groups excluding carboxylic acids is 1. The summed E-state index contributed by atoms with van der Waals surface area (Å²) in [5.74, 6) is -0.274. The van der Waals surface area contributed by atoms with Crippen molar-refractivity contribution in [3.8, 4) is 0 Å². The third-order valence-corrected chi connectivity index (χ3v) is 3.66. The van der Waals surface area contributed by atoms with Crippen LogP contribution in [0.5, 0.6) is 0 Å². The molecule has 2 aromatic rings. The molecule has 0 N–H and O–H groups in total. The van der Waals surface area contributed by atoms with Crippen molar-refractivity contribution in [3.05, 3.63) is 59.4 Å². The summed E-state index contributed by atoms with van der Waals surface area (Å²) in [5, 5.41) is 0. The van der Waals surface area contributed by atoms with Crippen LogP contribution in [-0.2, 0) is 11.2 Å². The summed E-state index contributed by atoms with van der Waals surface area (Å²) in [5.41, 5.74) is 3.02. The third kappa shape index (κ3) is 2.93. The van der Waals surface area contributed by atoms with E-state index in [1.165, 1.54) is 12.7 Å². The quantitative estimate of drug-likeness (QED) is 0.774. The van der Waals surface area contributed by atoms with Crippen LogP contribution < -0.4 is 0 Å². The van der Waals surface area contributed by atoms with Gasteiger partial charge in [-0.15, -0.1) is 0 Å². The van der Waals surface area contributed by atoms with Crippen molar-refractivity contribution in [2.24, 2.45) is 0 Å². The summed E-state index contributed by atoms with van der Waals surface area (Å²) in [6.07, 6.45) is 1.79. The number of aromatic nitrogens is 1. The van der Waals surface area contributed by atoms with Crippen LogP contribution >= 0.6 is 0 Å². The number of benzene rings is 1. The fraction of sp³-hybridized carbons (Fsp3) is 0.353. The monoisotopic (exact) mass is 271 g/mol. The average Bonchev–Trinajstić information content (AvgIpc) is 2.90. The van der Waals surface area contributed by atoms with E-state index in [-0.39, 0.29) is 12.0 Å². The molecule has 0 radical (unpaired) electrons. The van der Waals surface area contributed by atoms with Crippen LogP contribution in [0.25, 0.3) is 0 Å². The molecule has 0 saturated heterocycles. The van der Waals surface area contributed by atoms with Gasteiger partial charge in [-0.2, -0.15) is 0 Å². The number of methoxy groups -OCH3 is 1. The fourth-order valence-corrected chi connectivity index (χ4v) is 2.41. The van der Waals surface area contributed by atoms with Crippen LogP contribution in [-0.4, -0.2) is 17.6 Å². The molecule has 0 aliphatic heterocycles. The highest BCUT2D eigenvalue weighted by molar-refractivity contribution is 5.88. The number of esters is 1. The van der Waals surface area contributed by atoms with Gasteiger partial charge in [0.15, 0.2) is 0 Å². The Labute approximate surface area is 120 Å². The molecule has 0 aliphatic carbocycles. The molecule has 2 rings (SSSR count). The third-order valence-electron chi connectivity index (χ3n) is 3.66. The maximum Gasteiger partial charge on any atom is 0.354 e. The molecule has 0 spiro atoms. The molecule has 0 bridgehead atoms. The number of ether oxygens (including phenoxy) is 1. The van der Waals surface area contributed by atoms with Crippen LogP contribution in [0.2, 0.25) is 0 Å². The lowest BCUT2D eigenvalue weighted by Gasteiger charge is -2.18. The number of carbonyl (C=O) groups is 1. The van der Waals surface area contributed by atoms with Gasteiger partial charge in [0, 0.05) is 18.2 Å². The Morgan fingerprint density at radius 1 is 1.20 bits per heavy atom. The summed E-state index contributed by atoms with van der Waals surface area (Å²) in [7, 11) is 1.42. The van der Waals surface area contributed by atoms with E-state index in [0.717, 1.165) is 18.5 Å². The lowest BCUT2D eigenvalue weighted by atomic mass is 10.1. The van der Waals surface area contributed by atoms with Gasteiger partial charge < -0.3 is 9.30 Å². The summed E-state index contributed by atoms with van der Waals surface area (Å²) in [6.45, 7) is 4.25. The Morgan fingerprint density at radius 2 is 1.90 bits per heavy atom. The van der Waals surface area contributed by atoms with Crippen LogP contribution in [0.15, 0.2) is 42.5 Å². The molecule has 20 heavy (non-hydrogen) atoms. The Kier molecular flexibility index (Phi) is 4.61. The van der Waals surface area contributed by atoms with Gasteiger partial charge in [0.2, 0.25) is 0 Å². The Bertz CT molecular complexity index is 572. The molecule has 1 aromatic carbocycles. The van der Waals surface area contributed by atoms with E-state index in [1.807, 2.05) is 30.3 Å². The highest BCUT2D eigenvalue weighted by atomic mass is 16.5. The zero-order valence-corrected chi connectivity index (χ0v) is 12.3. The first kappa shape index (κ1) is 14.4. The molecule has 3 heteroatoms. The second kappa shape index (κ2) is 6.42. The molecule has 3 nitrogen and oxygen atoms in total. The first-order valence-corrected chi connectivity index (χ1v) is 6.99. The minimum atomic E-state index is -0.274. The lowest BCUT2D eigenvalue weighted by molar-refractivity contribution is 0.0585. The second-order valence-corrected chi connectivity index (χ2v) is 4.99. The molecule has 0 unspecified atom stereocenters. The standard InChI is InChI=1S/C17H21NO2/c1-4-13(2)18-15(10-11-16(18)17(19)20-3)12-14-8-6-5-7-9-14/h5-11,13H,4,12H2,1-3H3/t13-/m0/s1. The van der Waals surface area contributed by atoms with Crippen molar-refractivity contribution in [1.82, 2.24) is 4.57 Å². The molecule has 0 amide bonds. The van der Waals surface area contributed by atoms with E-state index in [4.69, 9.17) is 4.74 Å². The Hall–Kier alpha value is -2.03. The average molecular weight is 271 g/mol. The summed E-state index contributed by atoms with van der Waals surface area (Å²) >= 11 is 0. The van der Waals surface area contributed by atoms with Gasteiger partial charge in [-0.05, 0) is 31.0 Å². The van der Waals surface area contributed by atoms with Crippen molar-refractivity contribution in [2.75, 3.05) is 7.11 Å². The summed E-state index contributed by atoms with van der Waals surface area (Å²) < 4.78 is 6.97. The number of nitrogens with zero attached hydrogens (tertiary/aromatic N) is 1. The highest BCUT2D eigenvalue weighted by Crippen LogP contribution is 2.22. The van der Waals surface area contributed by atoms with Gasteiger partial charge in [-0.25, -0.2) is 4.79 Å². The van der Waals surface area contributed by atoms with Crippen LogP contribution in [0.3, 0.4) is 0 Å². The molecule has 1 atom stereocenters. The first-order valence-electron chi connectivity index (χ1n) is 6.99. The largest absolute Gasteiger partial charge is 0.464 e. The molecule has 1 aromatic heterocycles. The first-order chi connectivity index (χ1) is 9.67. The van der Waals surface area contributed by atoms with E-state index < -0.39 is 0 Å². The van der Waals surface area contributed by atoms with Crippen LogP contribution in [0.1, 0.15) is 48.1 Å². The Morgan fingerprint density at radius 3 is 2.50 bits per heavy atom. The number of rotatable bonds is 5. The smallest absolute Gasteiger partial charge is 0.354 e. The van der Waals surface area contributed by atoms with Crippen molar-refractivity contribution in [2.45, 2.75) is 32.7 Å². The van der Waals surface area contributed by atoms with Crippen LogP contribution in [0.4, 0.5) is 0 Å². The minimum Gasteiger partial charge on any atom is -0.464 e. The second-order valence-electron chi connectivity index (χ2n) is 4.99. The summed E-state index contributed by atoms with van der Waals surface area (Å²) in [6, 6.07) is 14.4. The molecular weight excluding hydrogens is 250 g/mol. The van der Waals surface area contributed by atoms with Gasteiger partial charge in [0.25, 0.3) is 0 Å². The van der Waals surface area contributed by atoms with Crippen molar-refractivity contribution < 1.29 is 9.53 Å². The highest BCUT2D eigenvalue weighted by Gasteiger charge is 2.18. The molecule has 106 valence electrons. The predicted octanol–water partition coefficient (Wildman–Crippen LogP) is 3.84. The van der Waals surface area contributed by atoms with E-state index in [0.29, 0.717) is 5.69 Å². The fourth-order valence-electron chi connectivity index (χ4n) is 2.41. The van der Waals surface area contributed by atoms with Crippen molar-refractivity contribution in [1.29, 1.82) is 0 Å². The van der Waals surface area contributed by atoms with E-state index in [2.05, 4.69) is 30.5 Å². The zero-order valence-electron chi connectivity index (χ0n) is 12.3.